The molecule has 0 spiro atoms. The van der Waals surface area contributed by atoms with Crippen LogP contribution in [0, 0.1) is 0 Å². The number of hydrogen-bond acceptors (Lipinski definition) is 4. The standard InChI is InChI=1S/C11H16N2O3S/c1-11(2,3)16-10(15)12-7-8(14)13-9-5-4-6-17-9/h4-6H,7H2,1-3H3,(H,12,15)(H,13,14). The molecule has 0 aromatic carbocycles. The molecule has 0 bridgehead atoms. The summed E-state index contributed by atoms with van der Waals surface area (Å²) in [4.78, 5) is 22.7. The summed E-state index contributed by atoms with van der Waals surface area (Å²) in [6.45, 7) is 5.18. The van der Waals surface area contributed by atoms with Crippen molar-refractivity contribution in [2.75, 3.05) is 11.9 Å². The minimum Gasteiger partial charge on any atom is -0.444 e. The molecule has 94 valence electrons. The van der Waals surface area contributed by atoms with Gasteiger partial charge in [0.1, 0.15) is 12.1 Å². The van der Waals surface area contributed by atoms with Crippen molar-refractivity contribution in [1.82, 2.24) is 5.32 Å². The van der Waals surface area contributed by atoms with Gasteiger partial charge in [-0.1, -0.05) is 0 Å². The van der Waals surface area contributed by atoms with Crippen LogP contribution < -0.4 is 10.6 Å². The van der Waals surface area contributed by atoms with E-state index in [1.165, 1.54) is 11.3 Å². The Labute approximate surface area is 104 Å². The highest BCUT2D eigenvalue weighted by Crippen LogP contribution is 2.14. The third kappa shape index (κ3) is 5.91. The van der Waals surface area contributed by atoms with E-state index in [4.69, 9.17) is 4.74 Å². The zero-order valence-electron chi connectivity index (χ0n) is 10.1. The maximum Gasteiger partial charge on any atom is 0.408 e. The van der Waals surface area contributed by atoms with Crippen LogP contribution in [0.15, 0.2) is 17.5 Å². The molecule has 2 amide bonds. The molecule has 0 radical (unpaired) electrons. The molecule has 2 N–H and O–H groups in total. The average Bonchev–Trinajstić information content (AvgIpc) is 2.64. The average molecular weight is 256 g/mol. The Balaban J connectivity index is 2.26. The van der Waals surface area contributed by atoms with Gasteiger partial charge >= 0.3 is 6.09 Å². The number of amides is 2. The number of ether oxygens (including phenoxy) is 1. The summed E-state index contributed by atoms with van der Waals surface area (Å²) in [6.07, 6.45) is -0.598. The van der Waals surface area contributed by atoms with Gasteiger partial charge in [-0.05, 0) is 38.3 Å². The highest BCUT2D eigenvalue weighted by Gasteiger charge is 2.16. The van der Waals surface area contributed by atoms with E-state index in [1.807, 2.05) is 11.4 Å². The Morgan fingerprint density at radius 2 is 2.12 bits per heavy atom. The number of nitrogens with one attached hydrogen (secondary N) is 2. The van der Waals surface area contributed by atoms with Gasteiger partial charge in [-0.3, -0.25) is 4.79 Å². The van der Waals surface area contributed by atoms with E-state index in [0.717, 1.165) is 5.00 Å². The summed E-state index contributed by atoms with van der Waals surface area (Å²) in [5.74, 6) is -0.279. The first-order valence-corrected chi connectivity index (χ1v) is 6.05. The van der Waals surface area contributed by atoms with Crippen LogP contribution >= 0.6 is 11.3 Å². The van der Waals surface area contributed by atoms with Crippen molar-refractivity contribution in [2.24, 2.45) is 0 Å². The van der Waals surface area contributed by atoms with Gasteiger partial charge in [0.25, 0.3) is 0 Å². The maximum atomic E-state index is 11.4. The topological polar surface area (TPSA) is 67.4 Å². The molecule has 1 aromatic rings. The second kappa shape index (κ2) is 5.67. The molecule has 1 heterocycles. The van der Waals surface area contributed by atoms with Gasteiger partial charge in [0.15, 0.2) is 0 Å². The minimum absolute atomic E-state index is 0.104. The van der Waals surface area contributed by atoms with Crippen molar-refractivity contribution >= 4 is 28.3 Å². The molecule has 1 rings (SSSR count). The highest BCUT2D eigenvalue weighted by molar-refractivity contribution is 7.14. The monoisotopic (exact) mass is 256 g/mol. The van der Waals surface area contributed by atoms with E-state index in [-0.39, 0.29) is 12.5 Å². The van der Waals surface area contributed by atoms with Crippen molar-refractivity contribution in [3.8, 4) is 0 Å². The number of hydrogen-bond donors (Lipinski definition) is 2. The van der Waals surface area contributed by atoms with E-state index >= 15 is 0 Å². The molecule has 0 atom stereocenters. The van der Waals surface area contributed by atoms with Crippen LogP contribution in [-0.4, -0.2) is 24.1 Å². The van der Waals surface area contributed by atoms with E-state index < -0.39 is 11.7 Å². The molecule has 0 aliphatic rings. The summed E-state index contributed by atoms with van der Waals surface area (Å²) in [5, 5.41) is 7.64. The van der Waals surface area contributed by atoms with Crippen LogP contribution in [0.1, 0.15) is 20.8 Å². The first-order valence-electron chi connectivity index (χ1n) is 5.17. The molecule has 0 fully saturated rings. The molecule has 5 nitrogen and oxygen atoms in total. The van der Waals surface area contributed by atoms with E-state index in [9.17, 15) is 9.59 Å². The summed E-state index contributed by atoms with van der Waals surface area (Å²) in [7, 11) is 0. The molecule has 0 aliphatic heterocycles. The van der Waals surface area contributed by atoms with Crippen LogP contribution in [0.3, 0.4) is 0 Å². The lowest BCUT2D eigenvalue weighted by molar-refractivity contribution is -0.115. The van der Waals surface area contributed by atoms with Crippen LogP contribution in [0.5, 0.6) is 0 Å². The molecular formula is C11H16N2O3S. The smallest absolute Gasteiger partial charge is 0.408 e. The largest absolute Gasteiger partial charge is 0.444 e. The lowest BCUT2D eigenvalue weighted by Gasteiger charge is -2.19. The fourth-order valence-corrected chi connectivity index (χ4v) is 1.63. The summed E-state index contributed by atoms with van der Waals surface area (Å²) in [5.41, 5.74) is -0.561. The van der Waals surface area contributed by atoms with Crippen molar-refractivity contribution in [3.05, 3.63) is 17.5 Å². The molecule has 1 aromatic heterocycles. The zero-order valence-corrected chi connectivity index (χ0v) is 10.9. The lowest BCUT2D eigenvalue weighted by atomic mass is 10.2. The SMILES string of the molecule is CC(C)(C)OC(=O)NCC(=O)Nc1cccs1. The second-order valence-electron chi connectivity index (χ2n) is 4.38. The van der Waals surface area contributed by atoms with Gasteiger partial charge in [-0.2, -0.15) is 0 Å². The Hall–Kier alpha value is -1.56. The summed E-state index contributed by atoms with van der Waals surface area (Å²) >= 11 is 1.42. The lowest BCUT2D eigenvalue weighted by Crippen LogP contribution is -2.37. The fraction of sp³-hybridized carbons (Fsp3) is 0.455. The molecule has 17 heavy (non-hydrogen) atoms. The number of thiophene rings is 1. The Morgan fingerprint density at radius 3 is 2.65 bits per heavy atom. The molecular weight excluding hydrogens is 240 g/mol. The van der Waals surface area contributed by atoms with Crippen molar-refractivity contribution in [3.63, 3.8) is 0 Å². The van der Waals surface area contributed by atoms with Crippen molar-refractivity contribution in [1.29, 1.82) is 0 Å². The Bertz CT molecular complexity index is 382. The minimum atomic E-state index is -0.598. The number of carbonyl (C=O) groups is 2. The van der Waals surface area contributed by atoms with E-state index in [2.05, 4.69) is 10.6 Å². The van der Waals surface area contributed by atoms with E-state index in [0.29, 0.717) is 0 Å². The Kier molecular flexibility index (Phi) is 4.51. The maximum absolute atomic E-state index is 11.4. The summed E-state index contributed by atoms with van der Waals surface area (Å²) < 4.78 is 5.00. The molecule has 0 saturated carbocycles. The number of anilines is 1. The van der Waals surface area contributed by atoms with Crippen molar-refractivity contribution < 1.29 is 14.3 Å². The van der Waals surface area contributed by atoms with E-state index in [1.54, 1.807) is 26.8 Å². The summed E-state index contributed by atoms with van der Waals surface area (Å²) in [6, 6.07) is 3.62. The normalized spacial score (nSPS) is 10.8. The predicted molar refractivity (Wildman–Crippen MR) is 67.2 cm³/mol. The first kappa shape index (κ1) is 13.5. The number of alkyl carbamates (subject to hydrolysis) is 1. The van der Waals surface area contributed by atoms with Gasteiger partial charge in [0.2, 0.25) is 5.91 Å². The third-order valence-corrected chi connectivity index (χ3v) is 2.36. The Morgan fingerprint density at radius 1 is 1.41 bits per heavy atom. The third-order valence-electron chi connectivity index (χ3n) is 1.58. The van der Waals surface area contributed by atoms with Crippen LogP contribution in [-0.2, 0) is 9.53 Å². The van der Waals surface area contributed by atoms with Crippen molar-refractivity contribution in [2.45, 2.75) is 26.4 Å². The first-order chi connectivity index (χ1) is 7.87. The predicted octanol–water partition coefficient (Wildman–Crippen LogP) is 2.21. The van der Waals surface area contributed by atoms with Crippen LogP contribution in [0.25, 0.3) is 0 Å². The van der Waals surface area contributed by atoms with Gasteiger partial charge in [0.05, 0.1) is 5.00 Å². The quantitative estimate of drug-likeness (QED) is 0.871. The van der Waals surface area contributed by atoms with Gasteiger partial charge in [-0.15, -0.1) is 11.3 Å². The van der Waals surface area contributed by atoms with Gasteiger partial charge in [0, 0.05) is 0 Å². The molecule has 0 aliphatic carbocycles. The number of rotatable bonds is 3. The second-order valence-corrected chi connectivity index (χ2v) is 5.33. The fourth-order valence-electron chi connectivity index (χ4n) is 0.998. The van der Waals surface area contributed by atoms with Gasteiger partial charge in [-0.25, -0.2) is 4.79 Å². The van der Waals surface area contributed by atoms with Crippen LogP contribution in [0.4, 0.5) is 9.80 Å². The number of carbonyl (C=O) groups excluding carboxylic acids is 2. The zero-order chi connectivity index (χ0) is 12.9. The molecule has 0 saturated heterocycles. The van der Waals surface area contributed by atoms with Crippen LogP contribution in [0.2, 0.25) is 0 Å². The highest BCUT2D eigenvalue weighted by atomic mass is 32.1. The molecule has 0 unspecified atom stereocenters. The molecule has 6 heteroatoms. The van der Waals surface area contributed by atoms with Gasteiger partial charge < -0.3 is 15.4 Å².